The summed E-state index contributed by atoms with van der Waals surface area (Å²) in [6.07, 6.45) is 5.81. The Labute approximate surface area is 125 Å². The number of anilines is 1. The van der Waals surface area contributed by atoms with Gasteiger partial charge < -0.3 is 16.2 Å². The predicted molar refractivity (Wildman–Crippen MR) is 82.4 cm³/mol. The summed E-state index contributed by atoms with van der Waals surface area (Å²) >= 11 is 0. The minimum absolute atomic E-state index is 0.0753. The summed E-state index contributed by atoms with van der Waals surface area (Å²) in [4.78, 5) is 20.8. The fourth-order valence-corrected chi connectivity index (χ4v) is 2.18. The number of esters is 1. The number of nitrogen functional groups attached to an aromatic ring is 1. The summed E-state index contributed by atoms with van der Waals surface area (Å²) in [7, 11) is 0. The number of ether oxygens (including phenoxy) is 1. The molecule has 0 heterocycles. The number of primary amides is 1. The second kappa shape index (κ2) is 9.00. The van der Waals surface area contributed by atoms with Crippen molar-refractivity contribution in [3.8, 4) is 0 Å². The first-order chi connectivity index (χ1) is 9.97. The molecule has 0 spiro atoms. The normalized spacial score (nSPS) is 14.1. The van der Waals surface area contributed by atoms with Crippen LogP contribution in [0.5, 0.6) is 0 Å². The summed E-state index contributed by atoms with van der Waals surface area (Å²) in [5, 5.41) is 0. The van der Waals surface area contributed by atoms with Gasteiger partial charge in [0.1, 0.15) is 6.10 Å². The number of amides is 1. The van der Waals surface area contributed by atoms with Crippen LogP contribution >= 0.6 is 0 Å². The van der Waals surface area contributed by atoms with Gasteiger partial charge in [-0.15, -0.1) is 0 Å². The van der Waals surface area contributed by atoms with Crippen molar-refractivity contribution in [3.63, 3.8) is 0 Å². The van der Waals surface area contributed by atoms with Gasteiger partial charge in [-0.2, -0.15) is 0 Å². The molecule has 1 amide bonds. The van der Waals surface area contributed by atoms with Crippen molar-refractivity contribution in [2.45, 2.75) is 51.6 Å². The Kier molecular flexibility index (Phi) is 7.29. The second-order valence-corrected chi connectivity index (χ2v) is 5.25. The van der Waals surface area contributed by atoms with Gasteiger partial charge in [0.15, 0.2) is 0 Å². The zero-order valence-electron chi connectivity index (χ0n) is 12.5. The maximum absolute atomic E-state index is 11.6. The van der Waals surface area contributed by atoms with E-state index in [4.69, 9.17) is 10.5 Å². The maximum atomic E-state index is 11.6. The minimum Gasteiger partial charge on any atom is -0.462 e. The first-order valence-electron chi connectivity index (χ1n) is 7.27. The molecule has 1 aliphatic carbocycles. The van der Waals surface area contributed by atoms with Crippen molar-refractivity contribution >= 4 is 17.6 Å². The van der Waals surface area contributed by atoms with Crippen LogP contribution in [-0.2, 0) is 20.7 Å². The van der Waals surface area contributed by atoms with Gasteiger partial charge in [0.05, 0.1) is 0 Å². The van der Waals surface area contributed by atoms with Crippen molar-refractivity contribution in [3.05, 3.63) is 29.8 Å². The number of hydrogen-bond acceptors (Lipinski definition) is 4. The van der Waals surface area contributed by atoms with Gasteiger partial charge in [0.25, 0.3) is 0 Å². The van der Waals surface area contributed by atoms with Crippen LogP contribution in [0, 0.1) is 0 Å². The molecule has 0 saturated heterocycles. The number of hydrogen-bond donors (Lipinski definition) is 2. The van der Waals surface area contributed by atoms with Crippen molar-refractivity contribution in [2.75, 3.05) is 5.73 Å². The number of nitrogens with two attached hydrogens (primary N) is 2. The Bertz CT molecular complexity index is 447. The zero-order chi connectivity index (χ0) is 15.7. The molecule has 4 N–H and O–H groups in total. The summed E-state index contributed by atoms with van der Waals surface area (Å²) in [5.74, 6) is -0.409. The molecular formula is C16H24N2O3. The fourth-order valence-electron chi connectivity index (χ4n) is 2.18. The molecule has 1 aromatic carbocycles. The highest BCUT2D eigenvalue weighted by Gasteiger charge is 2.18. The quantitative estimate of drug-likeness (QED) is 0.656. The monoisotopic (exact) mass is 292 g/mol. The van der Waals surface area contributed by atoms with E-state index in [-0.39, 0.29) is 18.0 Å². The molecular weight excluding hydrogens is 268 g/mol. The Morgan fingerprint density at radius 3 is 2.24 bits per heavy atom. The summed E-state index contributed by atoms with van der Waals surface area (Å²) < 4.78 is 5.39. The van der Waals surface area contributed by atoms with Crippen molar-refractivity contribution in [1.29, 1.82) is 0 Å². The Hall–Kier alpha value is -2.04. The highest BCUT2D eigenvalue weighted by atomic mass is 16.5. The van der Waals surface area contributed by atoms with E-state index in [1.807, 2.05) is 24.3 Å². The molecule has 0 atom stereocenters. The SMILES string of the molecule is CC(N)=O.Nc1ccc(CCC(=O)OC2CCCC2)cc1. The number of aryl methyl sites for hydroxylation is 1. The number of rotatable bonds is 4. The van der Waals surface area contributed by atoms with Crippen LogP contribution in [0.25, 0.3) is 0 Å². The van der Waals surface area contributed by atoms with Crippen molar-refractivity contribution in [2.24, 2.45) is 5.73 Å². The van der Waals surface area contributed by atoms with E-state index in [2.05, 4.69) is 5.73 Å². The van der Waals surface area contributed by atoms with Crippen molar-refractivity contribution < 1.29 is 14.3 Å². The topological polar surface area (TPSA) is 95.4 Å². The van der Waals surface area contributed by atoms with E-state index in [0.29, 0.717) is 6.42 Å². The molecule has 1 aliphatic rings. The first-order valence-corrected chi connectivity index (χ1v) is 7.27. The van der Waals surface area contributed by atoms with Gasteiger partial charge in [0.2, 0.25) is 5.91 Å². The third-order valence-electron chi connectivity index (χ3n) is 3.20. The average Bonchev–Trinajstić information content (AvgIpc) is 2.90. The molecule has 0 aliphatic heterocycles. The molecule has 1 saturated carbocycles. The molecule has 1 aromatic rings. The van der Waals surface area contributed by atoms with Crippen LogP contribution in [-0.4, -0.2) is 18.0 Å². The second-order valence-electron chi connectivity index (χ2n) is 5.25. The Morgan fingerprint density at radius 1 is 1.19 bits per heavy atom. The molecule has 5 heteroatoms. The molecule has 0 aromatic heterocycles. The third kappa shape index (κ3) is 7.97. The van der Waals surface area contributed by atoms with Crippen LogP contribution in [0.3, 0.4) is 0 Å². The van der Waals surface area contributed by atoms with Crippen molar-refractivity contribution in [1.82, 2.24) is 0 Å². The van der Waals surface area contributed by atoms with E-state index in [9.17, 15) is 9.59 Å². The summed E-state index contributed by atoms with van der Waals surface area (Å²) in [5.41, 5.74) is 12.0. The summed E-state index contributed by atoms with van der Waals surface area (Å²) in [6.45, 7) is 1.31. The van der Waals surface area contributed by atoms with Gasteiger partial charge >= 0.3 is 5.97 Å². The molecule has 2 rings (SSSR count). The van der Waals surface area contributed by atoms with Gasteiger partial charge in [-0.1, -0.05) is 12.1 Å². The number of carbonyl (C=O) groups is 2. The smallest absolute Gasteiger partial charge is 0.306 e. The summed E-state index contributed by atoms with van der Waals surface area (Å²) in [6, 6.07) is 7.63. The van der Waals surface area contributed by atoms with Crippen LogP contribution < -0.4 is 11.5 Å². The van der Waals surface area contributed by atoms with E-state index in [1.165, 1.54) is 19.8 Å². The van der Waals surface area contributed by atoms with E-state index >= 15 is 0 Å². The lowest BCUT2D eigenvalue weighted by Crippen LogP contribution is -2.14. The van der Waals surface area contributed by atoms with Crippen LogP contribution in [0.4, 0.5) is 5.69 Å². The molecule has 5 nitrogen and oxygen atoms in total. The fraction of sp³-hybridized carbons (Fsp3) is 0.500. The van der Waals surface area contributed by atoms with E-state index in [1.54, 1.807) is 0 Å². The van der Waals surface area contributed by atoms with Gasteiger partial charge in [-0.3, -0.25) is 9.59 Å². The molecule has 116 valence electrons. The minimum atomic E-state index is -0.333. The van der Waals surface area contributed by atoms with Gasteiger partial charge in [-0.05, 0) is 49.8 Å². The highest BCUT2D eigenvalue weighted by Crippen LogP contribution is 2.21. The molecule has 0 radical (unpaired) electrons. The standard InChI is InChI=1S/C14H19NO2.C2H5NO/c15-12-8-5-11(6-9-12)7-10-14(16)17-13-3-1-2-4-13;1-2(3)4/h5-6,8-9,13H,1-4,7,10,15H2;1H3,(H2,3,4). The van der Waals surface area contributed by atoms with Crippen LogP contribution in [0.2, 0.25) is 0 Å². The van der Waals surface area contributed by atoms with Crippen LogP contribution in [0.15, 0.2) is 24.3 Å². The Balaban J connectivity index is 0.000000491. The van der Waals surface area contributed by atoms with E-state index < -0.39 is 0 Å². The number of benzene rings is 1. The molecule has 0 bridgehead atoms. The first kappa shape index (κ1) is 17.0. The molecule has 1 fully saturated rings. The lowest BCUT2D eigenvalue weighted by atomic mass is 10.1. The molecule has 0 unspecified atom stereocenters. The number of carbonyl (C=O) groups excluding carboxylic acids is 2. The Morgan fingerprint density at radius 2 is 1.71 bits per heavy atom. The van der Waals surface area contributed by atoms with E-state index in [0.717, 1.165) is 30.5 Å². The third-order valence-corrected chi connectivity index (χ3v) is 3.20. The maximum Gasteiger partial charge on any atom is 0.306 e. The van der Waals surface area contributed by atoms with Crippen LogP contribution in [0.1, 0.15) is 44.6 Å². The lowest BCUT2D eigenvalue weighted by Gasteiger charge is -2.11. The highest BCUT2D eigenvalue weighted by molar-refractivity contribution is 5.70. The van der Waals surface area contributed by atoms with Gasteiger partial charge in [-0.25, -0.2) is 0 Å². The average molecular weight is 292 g/mol. The largest absolute Gasteiger partial charge is 0.462 e. The predicted octanol–water partition coefficient (Wildman–Crippen LogP) is 2.18. The molecule has 21 heavy (non-hydrogen) atoms. The zero-order valence-corrected chi connectivity index (χ0v) is 12.5. The lowest BCUT2D eigenvalue weighted by molar-refractivity contribution is -0.148. The van der Waals surface area contributed by atoms with Gasteiger partial charge in [0, 0.05) is 19.0 Å².